The summed E-state index contributed by atoms with van der Waals surface area (Å²) >= 11 is 0. The van der Waals surface area contributed by atoms with Crippen molar-refractivity contribution in [3.8, 4) is 0 Å². The van der Waals surface area contributed by atoms with Crippen molar-refractivity contribution in [3.05, 3.63) is 11.4 Å². The summed E-state index contributed by atoms with van der Waals surface area (Å²) in [6, 6.07) is 0. The van der Waals surface area contributed by atoms with Crippen LogP contribution in [0.15, 0.2) is 0 Å². The lowest BCUT2D eigenvalue weighted by Gasteiger charge is -2.21. The standard InChI is InChI=1S/C10H19N5O/c11-4-5-15-8(7-12)10(13-14-15)9-3-1-2-6-16-9/h9H,1-7,11-12H2. The molecule has 4 N–H and O–H groups in total. The Hall–Kier alpha value is -0.980. The van der Waals surface area contributed by atoms with Gasteiger partial charge in [-0.3, -0.25) is 0 Å². The molecule has 0 saturated carbocycles. The summed E-state index contributed by atoms with van der Waals surface area (Å²) in [4.78, 5) is 0. The lowest BCUT2D eigenvalue weighted by atomic mass is 10.0. The Bertz CT molecular complexity index is 332. The van der Waals surface area contributed by atoms with Gasteiger partial charge in [0.05, 0.1) is 12.2 Å². The number of hydrogen-bond acceptors (Lipinski definition) is 5. The van der Waals surface area contributed by atoms with Gasteiger partial charge in [0.15, 0.2) is 0 Å². The van der Waals surface area contributed by atoms with Gasteiger partial charge in [0.2, 0.25) is 0 Å². The highest BCUT2D eigenvalue weighted by atomic mass is 16.5. The van der Waals surface area contributed by atoms with Crippen molar-refractivity contribution in [2.45, 2.75) is 38.5 Å². The molecule has 6 heteroatoms. The molecule has 0 aromatic carbocycles. The zero-order valence-electron chi connectivity index (χ0n) is 9.43. The molecule has 0 aliphatic carbocycles. The van der Waals surface area contributed by atoms with Gasteiger partial charge in [-0.15, -0.1) is 5.10 Å². The van der Waals surface area contributed by atoms with Gasteiger partial charge >= 0.3 is 0 Å². The van der Waals surface area contributed by atoms with E-state index in [0.717, 1.165) is 30.8 Å². The fourth-order valence-electron chi connectivity index (χ4n) is 2.06. The summed E-state index contributed by atoms with van der Waals surface area (Å²) in [6.07, 6.45) is 3.39. The Balaban J connectivity index is 2.18. The first kappa shape index (κ1) is 11.5. The molecule has 0 amide bonds. The second-order valence-electron chi connectivity index (χ2n) is 3.99. The SMILES string of the molecule is NCCn1nnc(C2CCCCO2)c1CN. The van der Waals surface area contributed by atoms with Crippen molar-refractivity contribution < 1.29 is 4.74 Å². The molecule has 2 rings (SSSR count). The molecule has 2 heterocycles. The van der Waals surface area contributed by atoms with Gasteiger partial charge in [0, 0.05) is 19.7 Å². The molecule has 6 nitrogen and oxygen atoms in total. The molecule has 16 heavy (non-hydrogen) atoms. The fraction of sp³-hybridized carbons (Fsp3) is 0.800. The van der Waals surface area contributed by atoms with Crippen LogP contribution in [0.2, 0.25) is 0 Å². The van der Waals surface area contributed by atoms with Gasteiger partial charge < -0.3 is 16.2 Å². The van der Waals surface area contributed by atoms with E-state index in [4.69, 9.17) is 16.2 Å². The average molecular weight is 225 g/mol. The molecule has 1 saturated heterocycles. The van der Waals surface area contributed by atoms with Crippen LogP contribution in [0, 0.1) is 0 Å². The number of ether oxygens (including phenoxy) is 1. The van der Waals surface area contributed by atoms with Crippen LogP contribution in [-0.2, 0) is 17.8 Å². The third kappa shape index (κ3) is 2.23. The van der Waals surface area contributed by atoms with Crippen molar-refractivity contribution in [1.82, 2.24) is 15.0 Å². The Morgan fingerprint density at radius 3 is 2.88 bits per heavy atom. The topological polar surface area (TPSA) is 92.0 Å². The summed E-state index contributed by atoms with van der Waals surface area (Å²) in [5.41, 5.74) is 13.1. The minimum absolute atomic E-state index is 0.0684. The van der Waals surface area contributed by atoms with Crippen LogP contribution in [0.5, 0.6) is 0 Å². The number of hydrogen-bond donors (Lipinski definition) is 2. The molecule has 0 bridgehead atoms. The van der Waals surface area contributed by atoms with Crippen LogP contribution in [0.4, 0.5) is 0 Å². The van der Waals surface area contributed by atoms with Gasteiger partial charge in [-0.1, -0.05) is 5.21 Å². The van der Waals surface area contributed by atoms with Gasteiger partial charge in [0.25, 0.3) is 0 Å². The molecular weight excluding hydrogens is 206 g/mol. The van der Waals surface area contributed by atoms with E-state index < -0.39 is 0 Å². The van der Waals surface area contributed by atoms with E-state index in [1.165, 1.54) is 6.42 Å². The molecule has 1 aliphatic heterocycles. The minimum atomic E-state index is 0.0684. The van der Waals surface area contributed by atoms with Gasteiger partial charge in [-0.2, -0.15) is 0 Å². The van der Waals surface area contributed by atoms with Crippen molar-refractivity contribution in [2.75, 3.05) is 13.2 Å². The third-order valence-electron chi connectivity index (χ3n) is 2.89. The summed E-state index contributed by atoms with van der Waals surface area (Å²) < 4.78 is 7.48. The molecular formula is C10H19N5O. The maximum absolute atomic E-state index is 5.74. The molecule has 0 spiro atoms. The normalized spacial score (nSPS) is 21.2. The van der Waals surface area contributed by atoms with Crippen molar-refractivity contribution >= 4 is 0 Å². The first-order valence-electron chi connectivity index (χ1n) is 5.80. The molecule has 1 unspecified atom stereocenters. The lowest BCUT2D eigenvalue weighted by molar-refractivity contribution is 0.0117. The van der Waals surface area contributed by atoms with E-state index >= 15 is 0 Å². The first-order chi connectivity index (χ1) is 7.86. The van der Waals surface area contributed by atoms with E-state index in [9.17, 15) is 0 Å². The molecule has 90 valence electrons. The minimum Gasteiger partial charge on any atom is -0.372 e. The molecule has 1 aromatic rings. The Kier molecular flexibility index (Phi) is 3.87. The summed E-state index contributed by atoms with van der Waals surface area (Å²) in [5, 5.41) is 8.26. The van der Waals surface area contributed by atoms with Crippen molar-refractivity contribution in [2.24, 2.45) is 11.5 Å². The second-order valence-corrected chi connectivity index (χ2v) is 3.99. The van der Waals surface area contributed by atoms with E-state index in [1.54, 1.807) is 4.68 Å². The third-order valence-corrected chi connectivity index (χ3v) is 2.89. The van der Waals surface area contributed by atoms with Crippen LogP contribution >= 0.6 is 0 Å². The predicted octanol–water partition coefficient (Wildman–Crippen LogP) is -0.0629. The lowest BCUT2D eigenvalue weighted by Crippen LogP contribution is -2.18. The second kappa shape index (κ2) is 5.38. The van der Waals surface area contributed by atoms with Crippen LogP contribution in [0.1, 0.15) is 36.8 Å². The highest BCUT2D eigenvalue weighted by molar-refractivity contribution is 5.13. The van der Waals surface area contributed by atoms with E-state index in [-0.39, 0.29) is 6.10 Å². The molecule has 1 fully saturated rings. The fourth-order valence-corrected chi connectivity index (χ4v) is 2.06. The summed E-state index contributed by atoms with van der Waals surface area (Å²) in [7, 11) is 0. The maximum Gasteiger partial charge on any atom is 0.116 e. The zero-order chi connectivity index (χ0) is 11.4. The van der Waals surface area contributed by atoms with Gasteiger partial charge in [0.1, 0.15) is 11.8 Å². The smallest absolute Gasteiger partial charge is 0.116 e. The Morgan fingerprint density at radius 1 is 1.38 bits per heavy atom. The number of nitrogens with two attached hydrogens (primary N) is 2. The Labute approximate surface area is 94.9 Å². The zero-order valence-corrected chi connectivity index (χ0v) is 9.43. The summed E-state index contributed by atoms with van der Waals surface area (Å²) in [5.74, 6) is 0. The van der Waals surface area contributed by atoms with Crippen LogP contribution < -0.4 is 11.5 Å². The molecule has 1 aliphatic rings. The maximum atomic E-state index is 5.74. The average Bonchev–Trinajstić information content (AvgIpc) is 2.73. The van der Waals surface area contributed by atoms with E-state index in [1.807, 2.05) is 0 Å². The first-order valence-corrected chi connectivity index (χ1v) is 5.80. The number of rotatable bonds is 4. The van der Waals surface area contributed by atoms with Crippen LogP contribution in [0.3, 0.4) is 0 Å². The van der Waals surface area contributed by atoms with Crippen LogP contribution in [-0.4, -0.2) is 28.1 Å². The number of nitrogens with zero attached hydrogens (tertiary/aromatic N) is 3. The molecule has 0 radical (unpaired) electrons. The van der Waals surface area contributed by atoms with Crippen LogP contribution in [0.25, 0.3) is 0 Å². The monoisotopic (exact) mass is 225 g/mol. The van der Waals surface area contributed by atoms with Gasteiger partial charge in [-0.05, 0) is 19.3 Å². The Morgan fingerprint density at radius 2 is 2.25 bits per heavy atom. The quantitative estimate of drug-likeness (QED) is 0.748. The van der Waals surface area contributed by atoms with Crippen molar-refractivity contribution in [3.63, 3.8) is 0 Å². The number of aromatic nitrogens is 3. The molecule has 1 atom stereocenters. The highest BCUT2D eigenvalue weighted by Gasteiger charge is 2.23. The molecule has 1 aromatic heterocycles. The van der Waals surface area contributed by atoms with Crippen molar-refractivity contribution in [1.29, 1.82) is 0 Å². The summed E-state index contributed by atoms with van der Waals surface area (Å²) in [6.45, 7) is 2.44. The van der Waals surface area contributed by atoms with Gasteiger partial charge in [-0.25, -0.2) is 4.68 Å². The largest absolute Gasteiger partial charge is 0.372 e. The van der Waals surface area contributed by atoms with E-state index in [2.05, 4.69) is 10.3 Å². The van der Waals surface area contributed by atoms with E-state index in [0.29, 0.717) is 19.6 Å². The highest BCUT2D eigenvalue weighted by Crippen LogP contribution is 2.28. The predicted molar refractivity (Wildman–Crippen MR) is 59.5 cm³/mol.